The number of esters is 1. The maximum atomic E-state index is 10.9. The first-order valence-corrected chi connectivity index (χ1v) is 5.05. The van der Waals surface area contributed by atoms with E-state index in [4.69, 9.17) is 14.1 Å². The van der Waals surface area contributed by atoms with E-state index in [9.17, 15) is 9.00 Å². The van der Waals surface area contributed by atoms with E-state index in [2.05, 4.69) is 6.58 Å². The van der Waals surface area contributed by atoms with Crippen LogP contribution in [-0.2, 0) is 16.1 Å². The van der Waals surface area contributed by atoms with Crippen molar-refractivity contribution in [1.29, 1.82) is 0 Å². The first-order valence-electron chi connectivity index (χ1n) is 3.91. The summed E-state index contributed by atoms with van der Waals surface area (Å²) < 4.78 is 20.2. The minimum absolute atomic E-state index is 0.133. The van der Waals surface area contributed by atoms with Crippen molar-refractivity contribution in [2.24, 2.45) is 5.14 Å². The molecule has 0 amide bonds. The maximum absolute atomic E-state index is 10.9. The van der Waals surface area contributed by atoms with Gasteiger partial charge in [-0.2, -0.15) is 4.21 Å². The summed E-state index contributed by atoms with van der Waals surface area (Å²) >= 11 is -1.96. The number of hydrogen-bond acceptors (Lipinski definition) is 4. The van der Waals surface area contributed by atoms with Crippen LogP contribution in [0.25, 0.3) is 0 Å². The van der Waals surface area contributed by atoms with Gasteiger partial charge in [-0.15, -0.1) is 0 Å². The zero-order chi connectivity index (χ0) is 11.3. The summed E-state index contributed by atoms with van der Waals surface area (Å²) in [6.45, 7) is 3.25. The lowest BCUT2D eigenvalue weighted by atomic mass is 10.3. The van der Waals surface area contributed by atoms with Crippen LogP contribution in [0.4, 0.5) is 0 Å². The summed E-state index contributed by atoms with van der Waals surface area (Å²) in [6, 6.07) is 6.24. The molecule has 0 aliphatic rings. The van der Waals surface area contributed by atoms with Crippen LogP contribution in [0.15, 0.2) is 36.9 Å². The highest BCUT2D eigenvalue weighted by molar-refractivity contribution is 7.78. The number of para-hydroxylation sites is 2. The Labute approximate surface area is 89.3 Å². The fraction of sp³-hybridized carbons (Fsp3) is 0. The Morgan fingerprint density at radius 1 is 1.40 bits per heavy atom. The summed E-state index contributed by atoms with van der Waals surface area (Å²) in [7, 11) is 0. The molecule has 1 unspecified atom stereocenters. The first-order chi connectivity index (χ1) is 7.13. The molecule has 0 saturated carbocycles. The van der Waals surface area contributed by atoms with E-state index in [-0.39, 0.29) is 11.5 Å². The summed E-state index contributed by atoms with van der Waals surface area (Å²) in [5, 5.41) is 4.95. The Bertz CT molecular complexity index is 405. The van der Waals surface area contributed by atoms with E-state index in [1.165, 1.54) is 12.1 Å². The lowest BCUT2D eigenvalue weighted by Gasteiger charge is -2.06. The van der Waals surface area contributed by atoms with Gasteiger partial charge in [0.1, 0.15) is 0 Å². The molecule has 80 valence electrons. The lowest BCUT2D eigenvalue weighted by Crippen LogP contribution is -2.11. The minimum Gasteiger partial charge on any atom is -0.419 e. The zero-order valence-electron chi connectivity index (χ0n) is 7.71. The van der Waals surface area contributed by atoms with Crippen LogP contribution in [0.5, 0.6) is 11.5 Å². The van der Waals surface area contributed by atoms with E-state index in [1.54, 1.807) is 12.1 Å². The molecule has 15 heavy (non-hydrogen) atoms. The standard InChI is InChI=1S/C9H9NO4S/c1-2-9(11)13-7-5-3-4-6-8(7)14-15(10)12/h2-6H,1,10H2. The highest BCUT2D eigenvalue weighted by Gasteiger charge is 2.08. The highest BCUT2D eigenvalue weighted by atomic mass is 32.2. The molecule has 0 bridgehead atoms. The highest BCUT2D eigenvalue weighted by Crippen LogP contribution is 2.26. The van der Waals surface area contributed by atoms with Crippen LogP contribution < -0.4 is 14.1 Å². The molecule has 2 N–H and O–H groups in total. The van der Waals surface area contributed by atoms with Gasteiger partial charge in [-0.3, -0.25) is 0 Å². The minimum atomic E-state index is -1.96. The molecule has 1 aromatic carbocycles. The predicted molar refractivity (Wildman–Crippen MR) is 55.2 cm³/mol. The quantitative estimate of drug-likeness (QED) is 0.466. The molecule has 1 aromatic rings. The SMILES string of the molecule is C=CC(=O)Oc1ccccc1OS(N)=O. The average Bonchev–Trinajstić information content (AvgIpc) is 2.20. The van der Waals surface area contributed by atoms with Gasteiger partial charge in [0.2, 0.25) is 0 Å². The molecular weight excluding hydrogens is 218 g/mol. The predicted octanol–water partition coefficient (Wildman–Crippen LogP) is 0.694. The van der Waals surface area contributed by atoms with Crippen LogP contribution in [0, 0.1) is 0 Å². The fourth-order valence-corrected chi connectivity index (χ4v) is 1.16. The molecular formula is C9H9NO4S. The van der Waals surface area contributed by atoms with Gasteiger partial charge in [-0.25, -0.2) is 9.93 Å². The number of carbonyl (C=O) groups excluding carboxylic acids is 1. The topological polar surface area (TPSA) is 78.6 Å². The third-order valence-corrected chi connectivity index (χ3v) is 1.74. The van der Waals surface area contributed by atoms with Crippen LogP contribution in [0.3, 0.4) is 0 Å². The zero-order valence-corrected chi connectivity index (χ0v) is 8.53. The summed E-state index contributed by atoms with van der Waals surface area (Å²) in [5.41, 5.74) is 0. The third kappa shape index (κ3) is 3.53. The van der Waals surface area contributed by atoms with E-state index in [0.29, 0.717) is 0 Å². The smallest absolute Gasteiger partial charge is 0.335 e. The van der Waals surface area contributed by atoms with Crippen LogP contribution in [-0.4, -0.2) is 10.2 Å². The molecule has 0 fully saturated rings. The Balaban J connectivity index is 2.90. The van der Waals surface area contributed by atoms with Gasteiger partial charge in [-0.1, -0.05) is 18.7 Å². The Kier molecular flexibility index (Phi) is 4.02. The summed E-state index contributed by atoms with van der Waals surface area (Å²) in [4.78, 5) is 10.9. The molecule has 0 aromatic heterocycles. The number of carbonyl (C=O) groups is 1. The molecule has 0 heterocycles. The second kappa shape index (κ2) is 5.28. The average molecular weight is 227 g/mol. The number of rotatable bonds is 4. The van der Waals surface area contributed by atoms with Gasteiger partial charge >= 0.3 is 5.97 Å². The van der Waals surface area contributed by atoms with Crippen molar-refractivity contribution < 1.29 is 17.9 Å². The van der Waals surface area contributed by atoms with Gasteiger partial charge in [0.25, 0.3) is 11.3 Å². The Hall–Kier alpha value is -1.66. The van der Waals surface area contributed by atoms with E-state index >= 15 is 0 Å². The molecule has 1 rings (SSSR count). The van der Waals surface area contributed by atoms with Gasteiger partial charge in [0, 0.05) is 6.08 Å². The fourth-order valence-electron chi connectivity index (χ4n) is 0.842. The van der Waals surface area contributed by atoms with Gasteiger partial charge in [0.05, 0.1) is 0 Å². The number of nitrogens with two attached hydrogens (primary N) is 1. The normalized spacial score (nSPS) is 11.5. The molecule has 1 atom stereocenters. The van der Waals surface area contributed by atoms with E-state index < -0.39 is 17.2 Å². The molecule has 0 aliphatic carbocycles. The van der Waals surface area contributed by atoms with Crippen molar-refractivity contribution in [2.45, 2.75) is 0 Å². The Morgan fingerprint density at radius 3 is 2.53 bits per heavy atom. The summed E-state index contributed by atoms with van der Waals surface area (Å²) in [6.07, 6.45) is 1.01. The van der Waals surface area contributed by atoms with Crippen molar-refractivity contribution in [1.82, 2.24) is 0 Å². The van der Waals surface area contributed by atoms with Crippen LogP contribution in [0.1, 0.15) is 0 Å². The monoisotopic (exact) mass is 227 g/mol. The molecule has 0 spiro atoms. The molecule has 5 nitrogen and oxygen atoms in total. The number of ether oxygens (including phenoxy) is 1. The maximum Gasteiger partial charge on any atom is 0.335 e. The van der Waals surface area contributed by atoms with Crippen LogP contribution in [0.2, 0.25) is 0 Å². The van der Waals surface area contributed by atoms with Crippen molar-refractivity contribution in [2.75, 3.05) is 0 Å². The van der Waals surface area contributed by atoms with E-state index in [0.717, 1.165) is 6.08 Å². The number of benzene rings is 1. The van der Waals surface area contributed by atoms with Crippen molar-refractivity contribution in [3.8, 4) is 11.5 Å². The Morgan fingerprint density at radius 2 is 2.00 bits per heavy atom. The second-order valence-corrected chi connectivity index (χ2v) is 3.10. The summed E-state index contributed by atoms with van der Waals surface area (Å²) in [5.74, 6) is -0.358. The van der Waals surface area contributed by atoms with Crippen molar-refractivity contribution >= 4 is 17.2 Å². The molecule has 0 radical (unpaired) electrons. The first kappa shape index (κ1) is 11.4. The van der Waals surface area contributed by atoms with Crippen molar-refractivity contribution in [3.63, 3.8) is 0 Å². The van der Waals surface area contributed by atoms with Crippen LogP contribution >= 0.6 is 0 Å². The number of hydrogen-bond donors (Lipinski definition) is 1. The molecule has 6 heteroatoms. The third-order valence-electron chi connectivity index (χ3n) is 1.40. The second-order valence-electron chi connectivity index (χ2n) is 2.42. The van der Waals surface area contributed by atoms with Gasteiger partial charge < -0.3 is 8.92 Å². The largest absolute Gasteiger partial charge is 0.419 e. The van der Waals surface area contributed by atoms with E-state index in [1.807, 2.05) is 0 Å². The molecule has 0 aliphatic heterocycles. The lowest BCUT2D eigenvalue weighted by molar-refractivity contribution is -0.129. The van der Waals surface area contributed by atoms with Gasteiger partial charge in [0.15, 0.2) is 11.5 Å². The molecule has 0 saturated heterocycles. The van der Waals surface area contributed by atoms with Gasteiger partial charge in [-0.05, 0) is 12.1 Å². The van der Waals surface area contributed by atoms with Crippen molar-refractivity contribution in [3.05, 3.63) is 36.9 Å².